The molecule has 2 aromatic rings. The van der Waals surface area contributed by atoms with Gasteiger partial charge < -0.3 is 4.74 Å². The highest BCUT2D eigenvalue weighted by Gasteiger charge is 2.16. The van der Waals surface area contributed by atoms with Crippen molar-refractivity contribution >= 4 is 58.4 Å². The fraction of sp³-hybridized carbons (Fsp3) is 0. The van der Waals surface area contributed by atoms with Crippen LogP contribution in [0.2, 0.25) is 15.1 Å². The molecule has 1 heterocycles. The summed E-state index contributed by atoms with van der Waals surface area (Å²) >= 11 is 18.6. The van der Waals surface area contributed by atoms with Crippen LogP contribution in [-0.4, -0.2) is 12.3 Å². The van der Waals surface area contributed by atoms with Crippen molar-refractivity contribution in [1.29, 1.82) is 0 Å². The van der Waals surface area contributed by atoms with Gasteiger partial charge in [-0.15, -0.1) is 11.3 Å². The molecule has 0 bridgehead atoms. The van der Waals surface area contributed by atoms with E-state index in [0.717, 1.165) is 11.3 Å². The first-order chi connectivity index (χ1) is 9.01. The van der Waals surface area contributed by atoms with Gasteiger partial charge in [0, 0.05) is 5.02 Å². The van der Waals surface area contributed by atoms with Gasteiger partial charge in [0.1, 0.15) is 4.88 Å². The lowest BCUT2D eigenvalue weighted by Crippen LogP contribution is -2.07. The second kappa shape index (κ2) is 5.92. The average molecular weight is 336 g/mol. The lowest BCUT2D eigenvalue weighted by atomic mass is 10.3. The molecule has 19 heavy (non-hydrogen) atoms. The Morgan fingerprint density at radius 2 is 1.79 bits per heavy atom. The van der Waals surface area contributed by atoms with Crippen LogP contribution in [0, 0.1) is 0 Å². The van der Waals surface area contributed by atoms with Crippen LogP contribution < -0.4 is 4.74 Å². The number of halogens is 3. The van der Waals surface area contributed by atoms with Gasteiger partial charge in [-0.25, -0.2) is 4.79 Å². The van der Waals surface area contributed by atoms with Crippen molar-refractivity contribution < 1.29 is 14.3 Å². The van der Waals surface area contributed by atoms with Gasteiger partial charge in [-0.1, -0.05) is 34.8 Å². The maximum absolute atomic E-state index is 11.9. The first-order valence-corrected chi connectivity index (χ1v) is 6.88. The zero-order valence-corrected chi connectivity index (χ0v) is 12.2. The van der Waals surface area contributed by atoms with E-state index in [1.807, 2.05) is 0 Å². The van der Waals surface area contributed by atoms with E-state index in [1.54, 1.807) is 0 Å². The summed E-state index contributed by atoms with van der Waals surface area (Å²) in [5.41, 5.74) is 0. The highest BCUT2D eigenvalue weighted by molar-refractivity contribution is 7.15. The molecule has 0 aliphatic carbocycles. The summed E-state index contributed by atoms with van der Waals surface area (Å²) in [4.78, 5) is 23.1. The molecule has 7 heteroatoms. The van der Waals surface area contributed by atoms with Gasteiger partial charge in [0.25, 0.3) is 0 Å². The van der Waals surface area contributed by atoms with E-state index in [2.05, 4.69) is 0 Å². The summed E-state index contributed by atoms with van der Waals surface area (Å²) in [5, 5.41) is 0.616. The summed E-state index contributed by atoms with van der Waals surface area (Å²) in [6.07, 6.45) is 0.656. The summed E-state index contributed by atoms with van der Waals surface area (Å²) in [7, 11) is 0. The van der Waals surface area contributed by atoms with Crippen molar-refractivity contribution in [3.8, 4) is 5.75 Å². The van der Waals surface area contributed by atoms with Crippen molar-refractivity contribution in [1.82, 2.24) is 0 Å². The highest BCUT2D eigenvalue weighted by Crippen LogP contribution is 2.36. The van der Waals surface area contributed by atoms with Crippen LogP contribution >= 0.6 is 46.1 Å². The summed E-state index contributed by atoms with van der Waals surface area (Å²) < 4.78 is 5.11. The van der Waals surface area contributed by atoms with Gasteiger partial charge in [-0.2, -0.15) is 0 Å². The van der Waals surface area contributed by atoms with Crippen molar-refractivity contribution in [3.05, 3.63) is 49.1 Å². The third-order valence-corrected chi connectivity index (χ3v) is 3.87. The smallest absolute Gasteiger partial charge is 0.353 e. The molecule has 0 saturated carbocycles. The number of carbonyl (C=O) groups is 2. The third-order valence-electron chi connectivity index (χ3n) is 2.10. The normalized spacial score (nSPS) is 10.3. The second-order valence-corrected chi connectivity index (χ2v) is 5.77. The summed E-state index contributed by atoms with van der Waals surface area (Å²) in [5.74, 6) is -0.594. The molecule has 98 valence electrons. The lowest BCUT2D eigenvalue weighted by Gasteiger charge is -2.07. The monoisotopic (exact) mass is 334 g/mol. The maximum atomic E-state index is 11.9. The van der Waals surface area contributed by atoms with Crippen LogP contribution in [0.1, 0.15) is 19.3 Å². The van der Waals surface area contributed by atoms with Crippen LogP contribution in [0.15, 0.2) is 24.3 Å². The van der Waals surface area contributed by atoms with Crippen molar-refractivity contribution in [2.24, 2.45) is 0 Å². The molecule has 0 radical (unpaired) electrons. The number of aldehydes is 1. The van der Waals surface area contributed by atoms with Gasteiger partial charge in [-0.05, 0) is 24.3 Å². The standard InChI is InChI=1S/C12H5Cl3O3S/c13-6-3-8(14)11(9(15)4-6)18-12(17)10-2-1-7(5-16)19-10/h1-5H. The Kier molecular flexibility index (Phi) is 4.47. The number of carbonyl (C=O) groups excluding carboxylic acids is 2. The van der Waals surface area contributed by atoms with Gasteiger partial charge in [0.05, 0.1) is 14.9 Å². The van der Waals surface area contributed by atoms with Gasteiger partial charge in [0.15, 0.2) is 12.0 Å². The van der Waals surface area contributed by atoms with Gasteiger partial charge >= 0.3 is 5.97 Å². The fourth-order valence-corrected chi connectivity index (χ4v) is 2.89. The Morgan fingerprint density at radius 3 is 2.32 bits per heavy atom. The minimum atomic E-state index is -0.635. The second-order valence-electron chi connectivity index (χ2n) is 3.41. The predicted molar refractivity (Wildman–Crippen MR) is 76.1 cm³/mol. The lowest BCUT2D eigenvalue weighted by molar-refractivity contribution is 0.0740. The Labute approximate surface area is 127 Å². The Balaban J connectivity index is 2.26. The molecule has 0 aliphatic heterocycles. The molecule has 0 aliphatic rings. The van der Waals surface area contributed by atoms with Crippen LogP contribution in [-0.2, 0) is 0 Å². The number of hydrogen-bond acceptors (Lipinski definition) is 4. The van der Waals surface area contributed by atoms with Crippen molar-refractivity contribution in [2.45, 2.75) is 0 Å². The Hall–Kier alpha value is -1.07. The van der Waals surface area contributed by atoms with E-state index in [4.69, 9.17) is 39.5 Å². The molecular weight excluding hydrogens is 331 g/mol. The van der Waals surface area contributed by atoms with Crippen molar-refractivity contribution in [2.75, 3.05) is 0 Å². The quantitative estimate of drug-likeness (QED) is 0.462. The number of ether oxygens (including phenoxy) is 1. The molecule has 3 nitrogen and oxygen atoms in total. The fourth-order valence-electron chi connectivity index (χ4n) is 1.30. The van der Waals surface area contributed by atoms with Crippen LogP contribution in [0.4, 0.5) is 0 Å². The molecule has 0 spiro atoms. The SMILES string of the molecule is O=Cc1ccc(C(=O)Oc2c(Cl)cc(Cl)cc2Cl)s1. The van der Waals surface area contributed by atoms with Gasteiger partial charge in [-0.3, -0.25) is 4.79 Å². The molecule has 0 unspecified atom stereocenters. The Morgan fingerprint density at radius 1 is 1.16 bits per heavy atom. The van der Waals surface area contributed by atoms with E-state index in [-0.39, 0.29) is 20.7 Å². The van der Waals surface area contributed by atoms with E-state index >= 15 is 0 Å². The van der Waals surface area contributed by atoms with E-state index in [9.17, 15) is 9.59 Å². The number of hydrogen-bond donors (Lipinski definition) is 0. The van der Waals surface area contributed by atoms with E-state index in [0.29, 0.717) is 16.2 Å². The largest absolute Gasteiger partial charge is 0.419 e. The maximum Gasteiger partial charge on any atom is 0.353 e. The molecular formula is C12H5Cl3O3S. The highest BCUT2D eigenvalue weighted by atomic mass is 35.5. The van der Waals surface area contributed by atoms with Crippen molar-refractivity contribution in [3.63, 3.8) is 0 Å². The summed E-state index contributed by atoms with van der Waals surface area (Å²) in [6, 6.07) is 5.86. The number of rotatable bonds is 3. The predicted octanol–water partition coefficient (Wildman–Crippen LogP) is 4.74. The average Bonchev–Trinajstić information content (AvgIpc) is 2.82. The zero-order valence-electron chi connectivity index (χ0n) is 9.15. The molecule has 1 aromatic heterocycles. The minimum Gasteiger partial charge on any atom is -0.419 e. The molecule has 0 atom stereocenters. The molecule has 2 rings (SSSR count). The molecule has 0 saturated heterocycles. The number of thiophene rings is 1. The van der Waals surface area contributed by atoms with E-state index in [1.165, 1.54) is 24.3 Å². The molecule has 0 amide bonds. The molecule has 0 fully saturated rings. The first kappa shape index (κ1) is 14.3. The molecule has 0 N–H and O–H groups in total. The van der Waals surface area contributed by atoms with Crippen LogP contribution in [0.5, 0.6) is 5.75 Å². The van der Waals surface area contributed by atoms with E-state index < -0.39 is 5.97 Å². The number of benzene rings is 1. The molecule has 1 aromatic carbocycles. The van der Waals surface area contributed by atoms with Crippen LogP contribution in [0.3, 0.4) is 0 Å². The van der Waals surface area contributed by atoms with Gasteiger partial charge in [0.2, 0.25) is 0 Å². The first-order valence-electron chi connectivity index (χ1n) is 4.93. The minimum absolute atomic E-state index is 0.0405. The third kappa shape index (κ3) is 3.28. The number of esters is 1. The Bertz CT molecular complexity index is 628. The summed E-state index contributed by atoms with van der Waals surface area (Å²) in [6.45, 7) is 0. The topological polar surface area (TPSA) is 43.4 Å². The zero-order chi connectivity index (χ0) is 14.0. The van der Waals surface area contributed by atoms with Crippen LogP contribution in [0.25, 0.3) is 0 Å².